The van der Waals surface area contributed by atoms with Gasteiger partial charge in [0.2, 0.25) is 0 Å². The van der Waals surface area contributed by atoms with E-state index < -0.39 is 0 Å². The molecule has 0 saturated heterocycles. The van der Waals surface area contributed by atoms with Crippen LogP contribution < -0.4 is 5.32 Å². The van der Waals surface area contributed by atoms with Crippen LogP contribution in [0.25, 0.3) is 11.1 Å². The molecule has 0 radical (unpaired) electrons. The first-order valence-electron chi connectivity index (χ1n) is 5.76. The van der Waals surface area contributed by atoms with Crippen LogP contribution in [-0.2, 0) is 9.53 Å². The van der Waals surface area contributed by atoms with Gasteiger partial charge in [-0.05, 0) is 23.3 Å². The Morgan fingerprint density at radius 3 is 2.50 bits per heavy atom. The smallest absolute Gasteiger partial charge is 0.325 e. The van der Waals surface area contributed by atoms with Crippen LogP contribution >= 0.6 is 0 Å². The van der Waals surface area contributed by atoms with Gasteiger partial charge in [-0.2, -0.15) is 0 Å². The minimum Gasteiger partial charge on any atom is -0.468 e. The first-order valence-corrected chi connectivity index (χ1v) is 5.76. The SMILES string of the molecule is COC(=O)CNc1cccc(-c2ccccc2)c1. The lowest BCUT2D eigenvalue weighted by molar-refractivity contribution is -0.138. The van der Waals surface area contributed by atoms with Gasteiger partial charge in [-0.15, -0.1) is 0 Å². The third kappa shape index (κ3) is 3.10. The van der Waals surface area contributed by atoms with Crippen molar-refractivity contribution in [3.8, 4) is 11.1 Å². The van der Waals surface area contributed by atoms with Crippen LogP contribution in [0.1, 0.15) is 0 Å². The van der Waals surface area contributed by atoms with Gasteiger partial charge in [-0.25, -0.2) is 0 Å². The maximum absolute atomic E-state index is 11.1. The number of hydrogen-bond acceptors (Lipinski definition) is 3. The predicted molar refractivity (Wildman–Crippen MR) is 72.4 cm³/mol. The molecule has 0 heterocycles. The molecule has 0 saturated carbocycles. The van der Waals surface area contributed by atoms with E-state index in [9.17, 15) is 4.79 Å². The predicted octanol–water partition coefficient (Wildman–Crippen LogP) is 2.94. The summed E-state index contributed by atoms with van der Waals surface area (Å²) in [7, 11) is 1.38. The van der Waals surface area contributed by atoms with Crippen LogP contribution in [0.15, 0.2) is 54.6 Å². The maximum atomic E-state index is 11.1. The van der Waals surface area contributed by atoms with Crippen molar-refractivity contribution in [1.29, 1.82) is 0 Å². The molecule has 0 aromatic heterocycles. The monoisotopic (exact) mass is 241 g/mol. The van der Waals surface area contributed by atoms with Gasteiger partial charge < -0.3 is 10.1 Å². The van der Waals surface area contributed by atoms with Gasteiger partial charge in [0.25, 0.3) is 0 Å². The molecule has 0 bridgehead atoms. The van der Waals surface area contributed by atoms with Gasteiger partial charge in [-0.1, -0.05) is 42.5 Å². The number of anilines is 1. The first-order chi connectivity index (χ1) is 8.79. The summed E-state index contributed by atoms with van der Waals surface area (Å²) in [4.78, 5) is 11.1. The zero-order chi connectivity index (χ0) is 12.8. The summed E-state index contributed by atoms with van der Waals surface area (Å²) in [6.45, 7) is 0.175. The van der Waals surface area contributed by atoms with E-state index in [-0.39, 0.29) is 12.5 Å². The molecule has 1 N–H and O–H groups in total. The van der Waals surface area contributed by atoms with E-state index in [4.69, 9.17) is 0 Å². The number of esters is 1. The van der Waals surface area contributed by atoms with Gasteiger partial charge in [0, 0.05) is 5.69 Å². The number of rotatable bonds is 4. The van der Waals surface area contributed by atoms with Crippen LogP contribution in [0.5, 0.6) is 0 Å². The molecular formula is C15H15NO2. The Balaban J connectivity index is 2.13. The van der Waals surface area contributed by atoms with Gasteiger partial charge in [0.15, 0.2) is 0 Å². The summed E-state index contributed by atoms with van der Waals surface area (Å²) in [5.74, 6) is -0.278. The second kappa shape index (κ2) is 5.87. The van der Waals surface area contributed by atoms with Gasteiger partial charge in [0.05, 0.1) is 7.11 Å². The molecule has 92 valence electrons. The number of ether oxygens (including phenoxy) is 1. The van der Waals surface area contributed by atoms with Crippen LogP contribution in [0.4, 0.5) is 5.69 Å². The van der Waals surface area contributed by atoms with Crippen LogP contribution in [0.3, 0.4) is 0 Å². The lowest BCUT2D eigenvalue weighted by Gasteiger charge is -2.07. The molecule has 2 rings (SSSR count). The highest BCUT2D eigenvalue weighted by Crippen LogP contribution is 2.22. The fraction of sp³-hybridized carbons (Fsp3) is 0.133. The van der Waals surface area contributed by atoms with E-state index in [1.165, 1.54) is 7.11 Å². The van der Waals surface area contributed by atoms with Gasteiger partial charge in [-0.3, -0.25) is 4.79 Å². The number of benzene rings is 2. The molecule has 0 aliphatic carbocycles. The maximum Gasteiger partial charge on any atom is 0.325 e. The van der Waals surface area contributed by atoms with Crippen molar-refractivity contribution in [3.05, 3.63) is 54.6 Å². The van der Waals surface area contributed by atoms with E-state index in [0.717, 1.165) is 16.8 Å². The number of carbonyl (C=O) groups excluding carboxylic acids is 1. The highest BCUT2D eigenvalue weighted by molar-refractivity contribution is 5.76. The summed E-state index contributed by atoms with van der Waals surface area (Å²) in [6.07, 6.45) is 0. The molecular weight excluding hydrogens is 226 g/mol. The topological polar surface area (TPSA) is 38.3 Å². The molecule has 0 amide bonds. The minimum absolute atomic E-state index is 0.175. The molecule has 0 unspecified atom stereocenters. The van der Waals surface area contributed by atoms with Crippen molar-refractivity contribution in [1.82, 2.24) is 0 Å². The van der Waals surface area contributed by atoms with Crippen molar-refractivity contribution >= 4 is 11.7 Å². The van der Waals surface area contributed by atoms with E-state index in [1.807, 2.05) is 42.5 Å². The highest BCUT2D eigenvalue weighted by atomic mass is 16.5. The normalized spacial score (nSPS) is 9.83. The fourth-order valence-electron chi connectivity index (χ4n) is 1.69. The number of methoxy groups -OCH3 is 1. The molecule has 0 fully saturated rings. The van der Waals surface area contributed by atoms with Crippen LogP contribution in [0.2, 0.25) is 0 Å². The zero-order valence-electron chi connectivity index (χ0n) is 10.2. The molecule has 2 aromatic rings. The molecule has 0 spiro atoms. The van der Waals surface area contributed by atoms with Crippen molar-refractivity contribution in [3.63, 3.8) is 0 Å². The Kier molecular flexibility index (Phi) is 3.97. The molecule has 18 heavy (non-hydrogen) atoms. The Morgan fingerprint density at radius 2 is 1.78 bits per heavy atom. The Bertz CT molecular complexity index is 523. The summed E-state index contributed by atoms with van der Waals surface area (Å²) in [6, 6.07) is 18.0. The summed E-state index contributed by atoms with van der Waals surface area (Å²) >= 11 is 0. The number of carbonyl (C=O) groups is 1. The van der Waals surface area contributed by atoms with E-state index in [2.05, 4.69) is 22.2 Å². The quantitative estimate of drug-likeness (QED) is 0.836. The second-order valence-corrected chi connectivity index (χ2v) is 3.88. The molecule has 0 atom stereocenters. The number of nitrogens with one attached hydrogen (secondary N) is 1. The van der Waals surface area contributed by atoms with Crippen molar-refractivity contribution in [2.45, 2.75) is 0 Å². The molecule has 3 nitrogen and oxygen atoms in total. The van der Waals surface area contributed by atoms with Crippen LogP contribution in [0, 0.1) is 0 Å². The average molecular weight is 241 g/mol. The van der Waals surface area contributed by atoms with Crippen molar-refractivity contribution in [2.75, 3.05) is 19.0 Å². The Hall–Kier alpha value is -2.29. The highest BCUT2D eigenvalue weighted by Gasteiger charge is 2.01. The molecule has 2 aromatic carbocycles. The van der Waals surface area contributed by atoms with Gasteiger partial charge in [0.1, 0.15) is 6.54 Å². The lowest BCUT2D eigenvalue weighted by Crippen LogP contribution is -2.14. The average Bonchev–Trinajstić information content (AvgIpc) is 2.46. The summed E-state index contributed by atoms with van der Waals surface area (Å²) < 4.78 is 4.59. The third-order valence-electron chi connectivity index (χ3n) is 2.63. The number of hydrogen-bond donors (Lipinski definition) is 1. The van der Waals surface area contributed by atoms with E-state index in [0.29, 0.717) is 0 Å². The van der Waals surface area contributed by atoms with Gasteiger partial charge >= 0.3 is 5.97 Å². The van der Waals surface area contributed by atoms with Crippen molar-refractivity contribution in [2.24, 2.45) is 0 Å². The first kappa shape index (κ1) is 12.2. The van der Waals surface area contributed by atoms with Crippen molar-refractivity contribution < 1.29 is 9.53 Å². The zero-order valence-corrected chi connectivity index (χ0v) is 10.2. The summed E-state index contributed by atoms with van der Waals surface area (Å²) in [5.41, 5.74) is 3.17. The van der Waals surface area contributed by atoms with Crippen LogP contribution in [-0.4, -0.2) is 19.6 Å². The summed E-state index contributed by atoms with van der Waals surface area (Å²) in [5, 5.41) is 3.03. The Labute approximate surface area is 106 Å². The Morgan fingerprint density at radius 1 is 1.06 bits per heavy atom. The largest absolute Gasteiger partial charge is 0.468 e. The molecule has 0 aliphatic heterocycles. The molecule has 0 aliphatic rings. The minimum atomic E-state index is -0.278. The lowest BCUT2D eigenvalue weighted by atomic mass is 10.1. The standard InChI is InChI=1S/C15H15NO2/c1-18-15(17)11-16-14-9-5-8-13(10-14)12-6-3-2-4-7-12/h2-10,16H,11H2,1H3. The van der Waals surface area contributed by atoms with E-state index in [1.54, 1.807) is 0 Å². The van der Waals surface area contributed by atoms with E-state index >= 15 is 0 Å². The molecule has 3 heteroatoms. The third-order valence-corrected chi connectivity index (χ3v) is 2.63. The second-order valence-electron chi connectivity index (χ2n) is 3.88. The fourth-order valence-corrected chi connectivity index (χ4v) is 1.69.